The number of hydrogen-bond acceptors (Lipinski definition) is 5. The largest absolute Gasteiger partial charge is 0.307 e. The van der Waals surface area contributed by atoms with E-state index in [1.54, 1.807) is 23.0 Å². The van der Waals surface area contributed by atoms with Gasteiger partial charge in [-0.15, -0.1) is 0 Å². The summed E-state index contributed by atoms with van der Waals surface area (Å²) in [6, 6.07) is 5.75. The second-order valence-corrected chi connectivity index (χ2v) is 5.95. The predicted octanol–water partition coefficient (Wildman–Crippen LogP) is 0.699. The second kappa shape index (κ2) is 5.58. The van der Waals surface area contributed by atoms with Gasteiger partial charge in [0.15, 0.2) is 0 Å². The molecule has 0 saturated heterocycles. The third-order valence-electron chi connectivity index (χ3n) is 4.32. The molecule has 23 heavy (non-hydrogen) atoms. The summed E-state index contributed by atoms with van der Waals surface area (Å²) >= 11 is 0. The zero-order chi connectivity index (χ0) is 15.8. The molecule has 0 radical (unpaired) electrons. The van der Waals surface area contributed by atoms with E-state index in [4.69, 9.17) is 0 Å². The van der Waals surface area contributed by atoms with E-state index < -0.39 is 0 Å². The van der Waals surface area contributed by atoms with Gasteiger partial charge in [0.2, 0.25) is 0 Å². The minimum absolute atomic E-state index is 0.0438. The minimum atomic E-state index is -0.0438. The molecule has 0 spiro atoms. The molecule has 0 bridgehead atoms. The lowest BCUT2D eigenvalue weighted by Gasteiger charge is -2.23. The molecule has 0 unspecified atom stereocenters. The maximum absolute atomic E-state index is 12.2. The van der Waals surface area contributed by atoms with E-state index in [1.807, 2.05) is 23.7 Å². The van der Waals surface area contributed by atoms with Gasteiger partial charge >= 0.3 is 0 Å². The molecular formula is C16H18N6O. The van der Waals surface area contributed by atoms with E-state index in [9.17, 15) is 4.79 Å². The van der Waals surface area contributed by atoms with Crippen LogP contribution in [0.25, 0.3) is 5.65 Å². The quantitative estimate of drug-likeness (QED) is 0.770. The highest BCUT2D eigenvalue weighted by molar-refractivity contribution is 5.46. The Hall–Kier alpha value is -2.54. The predicted molar refractivity (Wildman–Crippen MR) is 85.2 cm³/mol. The Kier molecular flexibility index (Phi) is 3.42. The molecule has 4 heterocycles. The number of nitrogens with zero attached hydrogens (tertiary/aromatic N) is 5. The van der Waals surface area contributed by atoms with Crippen molar-refractivity contribution in [2.45, 2.75) is 38.9 Å². The van der Waals surface area contributed by atoms with Gasteiger partial charge in [0, 0.05) is 31.3 Å². The van der Waals surface area contributed by atoms with Gasteiger partial charge in [-0.2, -0.15) is 5.10 Å². The maximum atomic E-state index is 12.2. The van der Waals surface area contributed by atoms with Gasteiger partial charge in [-0.3, -0.25) is 9.20 Å². The lowest BCUT2D eigenvalue weighted by molar-refractivity contribution is 0.356. The molecule has 3 aromatic rings. The summed E-state index contributed by atoms with van der Waals surface area (Å²) in [4.78, 5) is 21.1. The summed E-state index contributed by atoms with van der Waals surface area (Å²) in [5, 5.41) is 7.71. The highest BCUT2D eigenvalue weighted by Crippen LogP contribution is 2.12. The standard InChI is InChI=1S/C16H18N6O/c1-11-3-2-6-21-15(23)7-13(20-16(11)21)8-17-12-4-5-14-18-10-19-22(14)9-12/h2-3,6-7,10,12,17H,4-5,8-9H2,1H3/t12-/m1/s1. The van der Waals surface area contributed by atoms with Crippen molar-refractivity contribution >= 4 is 5.65 Å². The Balaban J connectivity index is 1.53. The summed E-state index contributed by atoms with van der Waals surface area (Å²) < 4.78 is 3.52. The number of aromatic nitrogens is 5. The number of nitrogens with one attached hydrogen (secondary N) is 1. The van der Waals surface area contributed by atoms with Gasteiger partial charge in [-0.05, 0) is 25.0 Å². The van der Waals surface area contributed by atoms with E-state index in [1.165, 1.54) is 0 Å². The Labute approximate surface area is 133 Å². The molecule has 0 aromatic carbocycles. The highest BCUT2D eigenvalue weighted by Gasteiger charge is 2.19. The normalized spacial score (nSPS) is 17.3. The molecule has 0 aliphatic carbocycles. The van der Waals surface area contributed by atoms with Crippen LogP contribution in [0, 0.1) is 6.92 Å². The van der Waals surface area contributed by atoms with Crippen LogP contribution in [0.15, 0.2) is 35.5 Å². The Morgan fingerprint density at radius 1 is 1.43 bits per heavy atom. The molecule has 1 atom stereocenters. The van der Waals surface area contributed by atoms with E-state index in [2.05, 4.69) is 20.4 Å². The van der Waals surface area contributed by atoms with Crippen LogP contribution in [-0.2, 0) is 19.5 Å². The van der Waals surface area contributed by atoms with Gasteiger partial charge < -0.3 is 5.32 Å². The molecule has 7 nitrogen and oxygen atoms in total. The Morgan fingerprint density at radius 2 is 2.35 bits per heavy atom. The second-order valence-electron chi connectivity index (χ2n) is 5.95. The van der Waals surface area contributed by atoms with Crippen LogP contribution < -0.4 is 10.9 Å². The van der Waals surface area contributed by atoms with Crippen LogP contribution >= 0.6 is 0 Å². The summed E-state index contributed by atoms with van der Waals surface area (Å²) in [7, 11) is 0. The maximum Gasteiger partial charge on any atom is 0.258 e. The van der Waals surface area contributed by atoms with Crippen LogP contribution in [0.1, 0.15) is 23.5 Å². The van der Waals surface area contributed by atoms with Crippen molar-refractivity contribution in [3.8, 4) is 0 Å². The molecule has 118 valence electrons. The first-order valence-corrected chi connectivity index (χ1v) is 7.79. The van der Waals surface area contributed by atoms with Crippen molar-refractivity contribution < 1.29 is 0 Å². The minimum Gasteiger partial charge on any atom is -0.307 e. The summed E-state index contributed by atoms with van der Waals surface area (Å²) in [6.07, 6.45) is 5.30. The molecule has 0 saturated carbocycles. The molecule has 1 aliphatic rings. The lowest BCUT2D eigenvalue weighted by atomic mass is 10.1. The van der Waals surface area contributed by atoms with Crippen LogP contribution in [0.4, 0.5) is 0 Å². The molecule has 0 fully saturated rings. The van der Waals surface area contributed by atoms with E-state index in [0.29, 0.717) is 12.6 Å². The van der Waals surface area contributed by atoms with Crippen LogP contribution in [0.2, 0.25) is 0 Å². The van der Waals surface area contributed by atoms with Crippen molar-refractivity contribution in [3.63, 3.8) is 0 Å². The number of rotatable bonds is 3. The zero-order valence-electron chi connectivity index (χ0n) is 12.9. The molecule has 1 N–H and O–H groups in total. The molecule has 7 heteroatoms. The first-order chi connectivity index (χ1) is 11.2. The Bertz CT molecular complexity index is 912. The van der Waals surface area contributed by atoms with Crippen LogP contribution in [0.5, 0.6) is 0 Å². The average molecular weight is 310 g/mol. The fourth-order valence-electron chi connectivity index (χ4n) is 3.05. The van der Waals surface area contributed by atoms with Gasteiger partial charge in [-0.1, -0.05) is 6.07 Å². The lowest BCUT2D eigenvalue weighted by Crippen LogP contribution is -2.37. The van der Waals surface area contributed by atoms with Crippen molar-refractivity contribution in [3.05, 3.63) is 58.2 Å². The zero-order valence-corrected chi connectivity index (χ0v) is 12.9. The molecule has 3 aromatic heterocycles. The van der Waals surface area contributed by atoms with E-state index in [0.717, 1.165) is 42.1 Å². The summed E-state index contributed by atoms with van der Waals surface area (Å²) in [6.45, 7) is 3.35. The number of aryl methyl sites for hydroxylation is 2. The number of fused-ring (bicyclic) bond motifs is 2. The molecular weight excluding hydrogens is 292 g/mol. The molecule has 1 aliphatic heterocycles. The Morgan fingerprint density at radius 3 is 3.26 bits per heavy atom. The summed E-state index contributed by atoms with van der Waals surface area (Å²) in [5.41, 5.74) is 2.45. The van der Waals surface area contributed by atoms with Crippen LogP contribution in [-0.4, -0.2) is 30.2 Å². The van der Waals surface area contributed by atoms with Gasteiger partial charge in [0.25, 0.3) is 5.56 Å². The number of pyridine rings is 1. The van der Waals surface area contributed by atoms with Crippen molar-refractivity contribution in [2.24, 2.45) is 0 Å². The van der Waals surface area contributed by atoms with Crippen molar-refractivity contribution in [2.75, 3.05) is 0 Å². The van der Waals surface area contributed by atoms with E-state index in [-0.39, 0.29) is 5.56 Å². The van der Waals surface area contributed by atoms with Gasteiger partial charge in [0.05, 0.1) is 12.2 Å². The third-order valence-corrected chi connectivity index (χ3v) is 4.32. The fraction of sp³-hybridized carbons (Fsp3) is 0.375. The highest BCUT2D eigenvalue weighted by atomic mass is 16.1. The monoisotopic (exact) mass is 310 g/mol. The topological polar surface area (TPSA) is 77.1 Å². The molecule has 0 amide bonds. The van der Waals surface area contributed by atoms with Crippen molar-refractivity contribution in [1.82, 2.24) is 29.5 Å². The average Bonchev–Trinajstić information content (AvgIpc) is 3.01. The third kappa shape index (κ3) is 2.63. The SMILES string of the molecule is Cc1cccn2c(=O)cc(CN[C@@H]3CCc4ncnn4C3)nc12. The first kappa shape index (κ1) is 14.1. The fourth-order valence-corrected chi connectivity index (χ4v) is 3.05. The van der Waals surface area contributed by atoms with Gasteiger partial charge in [0.1, 0.15) is 17.8 Å². The molecule has 4 rings (SSSR count). The van der Waals surface area contributed by atoms with Crippen molar-refractivity contribution in [1.29, 1.82) is 0 Å². The van der Waals surface area contributed by atoms with E-state index >= 15 is 0 Å². The number of hydrogen-bond donors (Lipinski definition) is 1. The van der Waals surface area contributed by atoms with Crippen LogP contribution in [0.3, 0.4) is 0 Å². The first-order valence-electron chi connectivity index (χ1n) is 7.79. The summed E-state index contributed by atoms with van der Waals surface area (Å²) in [5.74, 6) is 1.04. The van der Waals surface area contributed by atoms with Gasteiger partial charge in [-0.25, -0.2) is 14.6 Å². The smallest absolute Gasteiger partial charge is 0.258 e.